The molecule has 0 unspecified atom stereocenters. The number of hydrogen-bond donors (Lipinski definition) is 0. The Bertz CT molecular complexity index is 862. The van der Waals surface area contributed by atoms with Gasteiger partial charge in [0.2, 0.25) is 5.91 Å². The van der Waals surface area contributed by atoms with Crippen LogP contribution in [0.2, 0.25) is 0 Å². The van der Waals surface area contributed by atoms with Crippen molar-refractivity contribution in [1.82, 2.24) is 9.96 Å². The molecule has 1 heterocycles. The van der Waals surface area contributed by atoms with Gasteiger partial charge in [-0.3, -0.25) is 14.5 Å². The molecule has 1 aliphatic rings. The van der Waals surface area contributed by atoms with E-state index in [2.05, 4.69) is 75.1 Å². The highest BCUT2D eigenvalue weighted by molar-refractivity contribution is 5.76. The molecule has 4 nitrogen and oxygen atoms in total. The Hall–Kier alpha value is -2.17. The lowest BCUT2D eigenvalue weighted by Crippen LogP contribution is -2.45. The SMILES string of the molecule is CON(C)C(=O)C[C@H](c1ccc(C2CCN(C(C)(C)C)CC2)cc1)c1ccccc1C. The third kappa shape index (κ3) is 5.75. The van der Waals surface area contributed by atoms with Gasteiger partial charge in [0.25, 0.3) is 0 Å². The summed E-state index contributed by atoms with van der Waals surface area (Å²) in [6, 6.07) is 17.4. The average Bonchev–Trinajstić information content (AvgIpc) is 2.77. The van der Waals surface area contributed by atoms with Gasteiger partial charge in [0.15, 0.2) is 0 Å². The number of aryl methyl sites for hydroxylation is 1. The standard InChI is InChI=1S/C27H38N2O2/c1-20-9-7-8-10-24(20)25(19-26(30)28(5)31-6)23-13-11-21(12-14-23)22-15-17-29(18-16-22)27(2,3)4/h7-14,22,25H,15-19H2,1-6H3/t25-/m1/s1. The Balaban J connectivity index is 1.79. The second-order valence-corrected chi connectivity index (χ2v) is 9.79. The number of carbonyl (C=O) groups excluding carboxylic acids is 1. The molecule has 2 aromatic rings. The topological polar surface area (TPSA) is 32.8 Å². The predicted octanol–water partition coefficient (Wildman–Crippen LogP) is 5.51. The lowest BCUT2D eigenvalue weighted by atomic mass is 9.83. The number of nitrogens with zero attached hydrogens (tertiary/aromatic N) is 2. The Morgan fingerprint density at radius 2 is 1.71 bits per heavy atom. The average molecular weight is 423 g/mol. The molecule has 1 saturated heterocycles. The van der Waals surface area contributed by atoms with Gasteiger partial charge in [-0.25, -0.2) is 5.06 Å². The Morgan fingerprint density at radius 3 is 2.26 bits per heavy atom. The van der Waals surface area contributed by atoms with Crippen LogP contribution in [-0.4, -0.2) is 48.7 Å². The monoisotopic (exact) mass is 422 g/mol. The molecule has 168 valence electrons. The molecule has 0 N–H and O–H groups in total. The molecule has 1 amide bonds. The number of amides is 1. The van der Waals surface area contributed by atoms with E-state index in [1.807, 2.05) is 6.07 Å². The summed E-state index contributed by atoms with van der Waals surface area (Å²) in [5.41, 5.74) is 5.26. The van der Waals surface area contributed by atoms with Gasteiger partial charge in [0, 0.05) is 24.9 Å². The first-order chi connectivity index (χ1) is 14.7. The van der Waals surface area contributed by atoms with Crippen molar-refractivity contribution in [2.24, 2.45) is 0 Å². The second-order valence-electron chi connectivity index (χ2n) is 9.79. The molecule has 0 saturated carbocycles. The zero-order chi connectivity index (χ0) is 22.6. The first-order valence-corrected chi connectivity index (χ1v) is 11.4. The predicted molar refractivity (Wildman–Crippen MR) is 127 cm³/mol. The minimum absolute atomic E-state index is 0.0167. The van der Waals surface area contributed by atoms with E-state index in [0.717, 1.165) is 13.1 Å². The quantitative estimate of drug-likeness (QED) is 0.575. The fourth-order valence-corrected chi connectivity index (χ4v) is 4.67. The summed E-state index contributed by atoms with van der Waals surface area (Å²) in [4.78, 5) is 20.4. The summed E-state index contributed by atoms with van der Waals surface area (Å²) in [6.45, 7) is 11.3. The van der Waals surface area contributed by atoms with Gasteiger partial charge in [-0.2, -0.15) is 0 Å². The van der Waals surface area contributed by atoms with E-state index in [9.17, 15) is 4.79 Å². The molecule has 31 heavy (non-hydrogen) atoms. The van der Waals surface area contributed by atoms with E-state index >= 15 is 0 Å². The summed E-state index contributed by atoms with van der Waals surface area (Å²) in [7, 11) is 3.20. The molecule has 1 aliphatic heterocycles. The van der Waals surface area contributed by atoms with Crippen molar-refractivity contribution in [2.75, 3.05) is 27.2 Å². The molecule has 1 fully saturated rings. The van der Waals surface area contributed by atoms with Crippen LogP contribution in [0.1, 0.15) is 74.1 Å². The van der Waals surface area contributed by atoms with Crippen LogP contribution in [0.3, 0.4) is 0 Å². The minimum Gasteiger partial charge on any atom is -0.298 e. The van der Waals surface area contributed by atoms with E-state index in [-0.39, 0.29) is 17.4 Å². The van der Waals surface area contributed by atoms with Gasteiger partial charge >= 0.3 is 0 Å². The Morgan fingerprint density at radius 1 is 1.10 bits per heavy atom. The number of hydrogen-bond acceptors (Lipinski definition) is 3. The van der Waals surface area contributed by atoms with Crippen molar-refractivity contribution >= 4 is 5.91 Å². The summed E-state index contributed by atoms with van der Waals surface area (Å²) in [6.07, 6.45) is 2.79. The number of piperidine rings is 1. The highest BCUT2D eigenvalue weighted by Crippen LogP contribution is 2.34. The molecule has 0 aliphatic carbocycles. The largest absolute Gasteiger partial charge is 0.298 e. The van der Waals surface area contributed by atoms with Crippen LogP contribution in [0.15, 0.2) is 48.5 Å². The van der Waals surface area contributed by atoms with Crippen molar-refractivity contribution in [3.8, 4) is 0 Å². The number of likely N-dealkylation sites (tertiary alicyclic amines) is 1. The molecule has 0 spiro atoms. The summed E-state index contributed by atoms with van der Waals surface area (Å²) < 4.78 is 0. The molecule has 4 heteroatoms. The van der Waals surface area contributed by atoms with Crippen molar-refractivity contribution in [3.63, 3.8) is 0 Å². The maximum atomic E-state index is 12.7. The Kier molecular flexibility index (Phi) is 7.55. The zero-order valence-electron chi connectivity index (χ0n) is 20.0. The molecule has 1 atom stereocenters. The highest BCUT2D eigenvalue weighted by Gasteiger charge is 2.28. The third-order valence-corrected chi connectivity index (χ3v) is 6.82. The summed E-state index contributed by atoms with van der Waals surface area (Å²) >= 11 is 0. The third-order valence-electron chi connectivity index (χ3n) is 6.82. The first-order valence-electron chi connectivity index (χ1n) is 11.4. The molecule has 0 bridgehead atoms. The van der Waals surface area contributed by atoms with Crippen LogP contribution in [0.25, 0.3) is 0 Å². The van der Waals surface area contributed by atoms with Crippen LogP contribution in [-0.2, 0) is 9.63 Å². The van der Waals surface area contributed by atoms with Crippen molar-refractivity contribution in [1.29, 1.82) is 0 Å². The van der Waals surface area contributed by atoms with Crippen LogP contribution in [0.4, 0.5) is 0 Å². The van der Waals surface area contributed by atoms with Gasteiger partial charge in [-0.05, 0) is 81.8 Å². The number of rotatable bonds is 6. The molecular weight excluding hydrogens is 384 g/mol. The van der Waals surface area contributed by atoms with Crippen LogP contribution in [0, 0.1) is 6.92 Å². The van der Waals surface area contributed by atoms with E-state index in [0.29, 0.717) is 12.3 Å². The molecule has 2 aromatic carbocycles. The summed E-state index contributed by atoms with van der Waals surface area (Å²) in [5.74, 6) is 0.614. The second kappa shape index (κ2) is 9.97. The Labute approximate surface area is 188 Å². The van der Waals surface area contributed by atoms with Crippen molar-refractivity contribution in [3.05, 3.63) is 70.8 Å². The van der Waals surface area contributed by atoms with Crippen molar-refractivity contribution in [2.45, 2.75) is 64.3 Å². The molecule has 0 aromatic heterocycles. The smallest absolute Gasteiger partial charge is 0.246 e. The lowest BCUT2D eigenvalue weighted by molar-refractivity contribution is -0.168. The van der Waals surface area contributed by atoms with Gasteiger partial charge in [0.1, 0.15) is 0 Å². The molecular formula is C27H38N2O2. The van der Waals surface area contributed by atoms with Gasteiger partial charge in [0.05, 0.1) is 7.11 Å². The maximum Gasteiger partial charge on any atom is 0.246 e. The van der Waals surface area contributed by atoms with Gasteiger partial charge in [-0.1, -0.05) is 48.5 Å². The number of benzene rings is 2. The molecule has 0 radical (unpaired) electrons. The van der Waals surface area contributed by atoms with Crippen molar-refractivity contribution < 1.29 is 9.63 Å². The van der Waals surface area contributed by atoms with Crippen LogP contribution >= 0.6 is 0 Å². The number of hydroxylamine groups is 2. The van der Waals surface area contributed by atoms with Gasteiger partial charge < -0.3 is 0 Å². The first kappa shape index (κ1) is 23.5. The normalized spacial score (nSPS) is 16.8. The van der Waals surface area contributed by atoms with Crippen LogP contribution in [0.5, 0.6) is 0 Å². The minimum atomic E-state index is -0.0191. The van der Waals surface area contributed by atoms with Crippen LogP contribution < -0.4 is 0 Å². The fraction of sp³-hybridized carbons (Fsp3) is 0.519. The van der Waals surface area contributed by atoms with E-state index in [1.54, 1.807) is 7.05 Å². The fourth-order valence-electron chi connectivity index (χ4n) is 4.67. The van der Waals surface area contributed by atoms with E-state index in [4.69, 9.17) is 4.84 Å². The number of carbonyl (C=O) groups is 1. The lowest BCUT2D eigenvalue weighted by Gasteiger charge is -2.41. The summed E-state index contributed by atoms with van der Waals surface area (Å²) in [5, 5.41) is 1.32. The highest BCUT2D eigenvalue weighted by atomic mass is 16.7. The molecule has 3 rings (SSSR count). The maximum absolute atomic E-state index is 12.7. The van der Waals surface area contributed by atoms with Gasteiger partial charge in [-0.15, -0.1) is 0 Å². The van der Waals surface area contributed by atoms with E-state index in [1.165, 1.54) is 47.3 Å². The van der Waals surface area contributed by atoms with E-state index < -0.39 is 0 Å². The zero-order valence-corrected chi connectivity index (χ0v) is 20.0.